The molecule has 2 unspecified atom stereocenters. The number of fused-ring (bicyclic) bond motifs is 3. The van der Waals surface area contributed by atoms with E-state index >= 15 is 0 Å². The predicted octanol–water partition coefficient (Wildman–Crippen LogP) is 3.50. The zero-order chi connectivity index (χ0) is 14.0. The van der Waals surface area contributed by atoms with Crippen LogP contribution in [0.2, 0.25) is 0 Å². The van der Waals surface area contributed by atoms with E-state index in [0.29, 0.717) is 0 Å². The molecule has 2 atom stereocenters. The van der Waals surface area contributed by atoms with Crippen LogP contribution in [0.1, 0.15) is 39.3 Å². The van der Waals surface area contributed by atoms with Crippen molar-refractivity contribution in [1.29, 1.82) is 0 Å². The molecule has 2 aromatic rings. The van der Waals surface area contributed by atoms with Crippen LogP contribution in [0.4, 0.5) is 0 Å². The van der Waals surface area contributed by atoms with Crippen molar-refractivity contribution >= 4 is 0 Å². The summed E-state index contributed by atoms with van der Waals surface area (Å²) >= 11 is 0. The third-order valence-electron chi connectivity index (χ3n) is 3.53. The molecule has 1 aliphatic rings. The summed E-state index contributed by atoms with van der Waals surface area (Å²) in [4.78, 5) is 4.19. The third-order valence-corrected chi connectivity index (χ3v) is 3.53. The number of aromatic nitrogens is 2. The Balaban J connectivity index is 0.000000637. The molecule has 3 rings (SSSR count). The average molecular weight is 258 g/mol. The highest BCUT2D eigenvalue weighted by Crippen LogP contribution is 2.41. The van der Waals surface area contributed by atoms with Crippen molar-refractivity contribution in [2.24, 2.45) is 5.92 Å². The van der Waals surface area contributed by atoms with Crippen molar-refractivity contribution in [3.05, 3.63) is 42.4 Å². The second kappa shape index (κ2) is 5.57. The van der Waals surface area contributed by atoms with E-state index in [2.05, 4.69) is 21.7 Å². The highest BCUT2D eigenvalue weighted by Gasteiger charge is 2.34. The quantitative estimate of drug-likeness (QED) is 0.895. The van der Waals surface area contributed by atoms with Gasteiger partial charge in [-0.3, -0.25) is 0 Å². The Kier molecular flexibility index (Phi) is 4.05. The van der Waals surface area contributed by atoms with E-state index in [1.54, 1.807) is 0 Å². The topological polar surface area (TPSA) is 38.1 Å². The fraction of sp³-hybridized carbons (Fsp3) is 0.438. The fourth-order valence-electron chi connectivity index (χ4n) is 2.59. The number of aliphatic hydroxyl groups is 1. The average Bonchev–Trinajstić information content (AvgIpc) is 3.00. The Hall–Kier alpha value is -1.61. The number of imidazole rings is 1. The van der Waals surface area contributed by atoms with Crippen LogP contribution in [-0.2, 0) is 0 Å². The van der Waals surface area contributed by atoms with Crippen LogP contribution in [-0.4, -0.2) is 20.8 Å². The van der Waals surface area contributed by atoms with Crippen molar-refractivity contribution in [1.82, 2.24) is 9.55 Å². The standard InChI is InChI=1S/C14H16N2O.C2H6/c1-9(2)14(17)13-11-6-4-3-5-10(11)12-7-15-8-16(12)13;1-2/h3-9,13-14,17H,1-2H3;1-2H3. The van der Waals surface area contributed by atoms with Crippen molar-refractivity contribution in [2.75, 3.05) is 0 Å². The minimum Gasteiger partial charge on any atom is -0.390 e. The molecular formula is C16H22N2O. The maximum Gasteiger partial charge on any atom is 0.0957 e. The zero-order valence-electron chi connectivity index (χ0n) is 12.0. The maximum absolute atomic E-state index is 10.4. The summed E-state index contributed by atoms with van der Waals surface area (Å²) in [6, 6.07) is 8.25. The molecule has 0 radical (unpaired) electrons. The van der Waals surface area contributed by atoms with Gasteiger partial charge in [0.15, 0.2) is 0 Å². The molecule has 0 saturated carbocycles. The number of benzene rings is 1. The lowest BCUT2D eigenvalue weighted by molar-refractivity contribution is 0.0880. The highest BCUT2D eigenvalue weighted by atomic mass is 16.3. The molecule has 1 aliphatic heterocycles. The second-order valence-corrected chi connectivity index (χ2v) is 4.95. The Morgan fingerprint density at radius 2 is 1.89 bits per heavy atom. The van der Waals surface area contributed by atoms with Crippen LogP contribution in [0.25, 0.3) is 11.3 Å². The number of aliphatic hydroxyl groups excluding tert-OH is 1. The van der Waals surface area contributed by atoms with Crippen LogP contribution in [0.3, 0.4) is 0 Å². The van der Waals surface area contributed by atoms with Crippen LogP contribution in [0, 0.1) is 5.92 Å². The first-order valence-electron chi connectivity index (χ1n) is 6.99. The Bertz CT molecular complexity index is 545. The van der Waals surface area contributed by atoms with Crippen LogP contribution in [0.5, 0.6) is 0 Å². The lowest BCUT2D eigenvalue weighted by Gasteiger charge is -2.24. The molecule has 1 aromatic heterocycles. The summed E-state index contributed by atoms with van der Waals surface area (Å²) in [5, 5.41) is 10.4. The third kappa shape index (κ3) is 2.19. The molecule has 0 fully saturated rings. The summed E-state index contributed by atoms with van der Waals surface area (Å²) in [6.45, 7) is 8.09. The smallest absolute Gasteiger partial charge is 0.0957 e. The molecule has 19 heavy (non-hydrogen) atoms. The van der Waals surface area contributed by atoms with E-state index in [9.17, 15) is 5.11 Å². The van der Waals surface area contributed by atoms with Gasteiger partial charge in [-0.25, -0.2) is 4.98 Å². The van der Waals surface area contributed by atoms with E-state index in [0.717, 1.165) is 5.69 Å². The zero-order valence-corrected chi connectivity index (χ0v) is 12.0. The van der Waals surface area contributed by atoms with Gasteiger partial charge in [0.2, 0.25) is 0 Å². The largest absolute Gasteiger partial charge is 0.390 e. The molecule has 0 amide bonds. The first kappa shape index (κ1) is 13.8. The van der Waals surface area contributed by atoms with Crippen LogP contribution < -0.4 is 0 Å². The summed E-state index contributed by atoms with van der Waals surface area (Å²) in [5.74, 6) is 0.224. The summed E-state index contributed by atoms with van der Waals surface area (Å²) in [7, 11) is 0. The van der Waals surface area contributed by atoms with Crippen molar-refractivity contribution < 1.29 is 5.11 Å². The van der Waals surface area contributed by atoms with Gasteiger partial charge in [-0.15, -0.1) is 0 Å². The summed E-state index contributed by atoms with van der Waals surface area (Å²) < 4.78 is 2.08. The van der Waals surface area contributed by atoms with Gasteiger partial charge in [0.25, 0.3) is 0 Å². The fourth-order valence-corrected chi connectivity index (χ4v) is 2.59. The SMILES string of the molecule is CC.CC(C)C(O)C1c2ccccc2-c2cncn21. The Morgan fingerprint density at radius 3 is 2.58 bits per heavy atom. The van der Waals surface area contributed by atoms with E-state index < -0.39 is 0 Å². The monoisotopic (exact) mass is 258 g/mol. The highest BCUT2D eigenvalue weighted by molar-refractivity contribution is 5.69. The van der Waals surface area contributed by atoms with E-state index in [1.807, 2.05) is 52.4 Å². The van der Waals surface area contributed by atoms with Gasteiger partial charge < -0.3 is 9.67 Å². The Labute approximate surface area is 114 Å². The molecule has 1 aromatic carbocycles. The first-order chi connectivity index (χ1) is 9.20. The van der Waals surface area contributed by atoms with Gasteiger partial charge in [0, 0.05) is 5.56 Å². The van der Waals surface area contributed by atoms with Crippen molar-refractivity contribution in [3.8, 4) is 11.3 Å². The van der Waals surface area contributed by atoms with Gasteiger partial charge in [-0.1, -0.05) is 52.0 Å². The lowest BCUT2D eigenvalue weighted by Crippen LogP contribution is -2.27. The molecule has 3 heteroatoms. The van der Waals surface area contributed by atoms with Gasteiger partial charge in [0.1, 0.15) is 0 Å². The summed E-state index contributed by atoms with van der Waals surface area (Å²) in [6.07, 6.45) is 3.30. The molecule has 102 valence electrons. The van der Waals surface area contributed by atoms with E-state index in [-0.39, 0.29) is 18.1 Å². The Morgan fingerprint density at radius 1 is 1.21 bits per heavy atom. The molecule has 0 aliphatic carbocycles. The number of hydrogen-bond acceptors (Lipinski definition) is 2. The van der Waals surface area contributed by atoms with Gasteiger partial charge in [-0.2, -0.15) is 0 Å². The second-order valence-electron chi connectivity index (χ2n) is 4.95. The molecule has 1 N–H and O–H groups in total. The number of hydrogen-bond donors (Lipinski definition) is 1. The number of rotatable bonds is 2. The minimum absolute atomic E-state index is 0.00343. The van der Waals surface area contributed by atoms with Crippen molar-refractivity contribution in [3.63, 3.8) is 0 Å². The van der Waals surface area contributed by atoms with Crippen LogP contribution >= 0.6 is 0 Å². The number of nitrogens with zero attached hydrogens (tertiary/aromatic N) is 2. The van der Waals surface area contributed by atoms with E-state index in [1.165, 1.54) is 11.1 Å². The minimum atomic E-state index is -0.383. The van der Waals surface area contributed by atoms with Crippen molar-refractivity contribution in [2.45, 2.75) is 39.8 Å². The normalized spacial score (nSPS) is 17.5. The molecule has 0 bridgehead atoms. The predicted molar refractivity (Wildman–Crippen MR) is 78.0 cm³/mol. The molecule has 0 spiro atoms. The first-order valence-corrected chi connectivity index (χ1v) is 6.99. The maximum atomic E-state index is 10.4. The van der Waals surface area contributed by atoms with E-state index in [4.69, 9.17) is 0 Å². The van der Waals surface area contributed by atoms with Crippen LogP contribution in [0.15, 0.2) is 36.8 Å². The van der Waals surface area contributed by atoms with Gasteiger partial charge in [0.05, 0.1) is 30.4 Å². The molecule has 0 saturated heterocycles. The lowest BCUT2D eigenvalue weighted by atomic mass is 9.93. The summed E-state index contributed by atoms with van der Waals surface area (Å²) in [5.41, 5.74) is 3.49. The van der Waals surface area contributed by atoms with Gasteiger partial charge >= 0.3 is 0 Å². The van der Waals surface area contributed by atoms with Gasteiger partial charge in [-0.05, 0) is 11.5 Å². The molecular weight excluding hydrogens is 236 g/mol. The molecule has 3 nitrogen and oxygen atoms in total. The molecule has 2 heterocycles.